The molecule has 0 spiro atoms. The Hall–Kier alpha value is -0.763. The van der Waals surface area contributed by atoms with Crippen molar-refractivity contribution in [3.05, 3.63) is 29.8 Å². The number of hydrogen-bond donors (Lipinski definition) is 0. The molecular formula is C8H9OSi. The van der Waals surface area contributed by atoms with Gasteiger partial charge in [0, 0.05) is 6.04 Å². The smallest absolute Gasteiger partial charge is 0.282 e. The largest absolute Gasteiger partial charge is 0.542 e. The molecule has 0 saturated carbocycles. The molecular weight excluding hydrogens is 140 g/mol. The molecule has 0 aliphatic carbocycles. The van der Waals surface area contributed by atoms with Crippen molar-refractivity contribution in [1.82, 2.24) is 0 Å². The van der Waals surface area contributed by atoms with Gasteiger partial charge >= 0.3 is 0 Å². The second-order valence-electron chi connectivity index (χ2n) is 2.59. The number of hydrogen-bond acceptors (Lipinski definition) is 1. The summed E-state index contributed by atoms with van der Waals surface area (Å²) in [5, 5.41) is 0. The first-order chi connectivity index (χ1) is 4.86. The van der Waals surface area contributed by atoms with Crippen LogP contribution in [0.15, 0.2) is 24.3 Å². The lowest BCUT2D eigenvalue weighted by Crippen LogP contribution is -2.12. The van der Waals surface area contributed by atoms with Crippen molar-refractivity contribution in [2.45, 2.75) is 12.6 Å². The average Bonchev–Trinajstić information content (AvgIpc) is 2.27. The van der Waals surface area contributed by atoms with E-state index in [-0.39, 0.29) is 0 Å². The van der Waals surface area contributed by atoms with Crippen LogP contribution >= 0.6 is 0 Å². The minimum Gasteiger partial charge on any atom is -0.542 e. The van der Waals surface area contributed by atoms with E-state index in [0.29, 0.717) is 0 Å². The van der Waals surface area contributed by atoms with Gasteiger partial charge in [0.2, 0.25) is 0 Å². The van der Waals surface area contributed by atoms with E-state index in [2.05, 4.69) is 24.7 Å². The minimum atomic E-state index is -0.514. The molecule has 10 heavy (non-hydrogen) atoms. The van der Waals surface area contributed by atoms with E-state index >= 15 is 0 Å². The normalized spacial score (nSPS) is 16.5. The standard InChI is InChI=1S/C8H9OSi/c1-10-6-7-4-2-3-5-8(7)9-10/h2-5H,6H2,1H3. The third kappa shape index (κ3) is 0.846. The minimum absolute atomic E-state index is 0.514. The van der Waals surface area contributed by atoms with Gasteiger partial charge in [-0.05, 0) is 18.2 Å². The zero-order chi connectivity index (χ0) is 6.97. The molecule has 1 nitrogen and oxygen atoms in total. The van der Waals surface area contributed by atoms with Crippen LogP contribution in [-0.4, -0.2) is 9.04 Å². The molecule has 51 valence electrons. The van der Waals surface area contributed by atoms with Crippen LogP contribution in [-0.2, 0) is 6.04 Å². The molecule has 1 aliphatic rings. The Balaban J connectivity index is 2.42. The van der Waals surface area contributed by atoms with Gasteiger partial charge in [-0.2, -0.15) is 0 Å². The predicted molar refractivity (Wildman–Crippen MR) is 42.4 cm³/mol. The summed E-state index contributed by atoms with van der Waals surface area (Å²) in [6.07, 6.45) is 0. The predicted octanol–water partition coefficient (Wildman–Crippen LogP) is 1.78. The quantitative estimate of drug-likeness (QED) is 0.511. The van der Waals surface area contributed by atoms with Crippen LogP contribution < -0.4 is 4.43 Å². The van der Waals surface area contributed by atoms with Crippen molar-refractivity contribution >= 4 is 9.04 Å². The Morgan fingerprint density at radius 3 is 3.00 bits per heavy atom. The Morgan fingerprint density at radius 1 is 1.40 bits per heavy atom. The average molecular weight is 149 g/mol. The first-order valence-electron chi connectivity index (χ1n) is 3.44. The summed E-state index contributed by atoms with van der Waals surface area (Å²) < 4.78 is 5.61. The van der Waals surface area contributed by atoms with Crippen molar-refractivity contribution < 1.29 is 4.43 Å². The highest BCUT2D eigenvalue weighted by Gasteiger charge is 2.20. The van der Waals surface area contributed by atoms with Crippen LogP contribution in [0, 0.1) is 0 Å². The fourth-order valence-electron chi connectivity index (χ4n) is 1.24. The number of para-hydroxylation sites is 1. The van der Waals surface area contributed by atoms with Crippen LogP contribution in [0.25, 0.3) is 0 Å². The van der Waals surface area contributed by atoms with E-state index in [1.165, 1.54) is 11.6 Å². The zero-order valence-electron chi connectivity index (χ0n) is 5.92. The fourth-order valence-corrected chi connectivity index (χ4v) is 2.72. The fraction of sp³-hybridized carbons (Fsp3) is 0.250. The molecule has 0 bridgehead atoms. The van der Waals surface area contributed by atoms with Gasteiger partial charge in [0.25, 0.3) is 9.04 Å². The molecule has 0 unspecified atom stereocenters. The Labute approximate surface area is 62.4 Å². The van der Waals surface area contributed by atoms with Gasteiger partial charge in [-0.25, -0.2) is 0 Å². The molecule has 1 radical (unpaired) electrons. The van der Waals surface area contributed by atoms with Gasteiger partial charge in [0.15, 0.2) is 0 Å². The second kappa shape index (κ2) is 2.13. The number of benzene rings is 1. The first kappa shape index (κ1) is 5.98. The third-order valence-corrected chi connectivity index (χ3v) is 3.14. The summed E-state index contributed by atoms with van der Waals surface area (Å²) in [4.78, 5) is 0. The van der Waals surface area contributed by atoms with E-state index in [1.807, 2.05) is 6.07 Å². The molecule has 2 heteroatoms. The topological polar surface area (TPSA) is 9.23 Å². The van der Waals surface area contributed by atoms with Crippen molar-refractivity contribution in [3.63, 3.8) is 0 Å². The maximum absolute atomic E-state index is 5.61. The number of rotatable bonds is 0. The third-order valence-electron chi connectivity index (χ3n) is 1.70. The molecule has 0 amide bonds. The summed E-state index contributed by atoms with van der Waals surface area (Å²) in [5.74, 6) is 1.11. The van der Waals surface area contributed by atoms with Gasteiger partial charge in [0.05, 0.1) is 0 Å². The van der Waals surface area contributed by atoms with E-state index in [1.54, 1.807) is 0 Å². The van der Waals surface area contributed by atoms with Crippen LogP contribution in [0.2, 0.25) is 6.55 Å². The highest BCUT2D eigenvalue weighted by molar-refractivity contribution is 6.51. The lowest BCUT2D eigenvalue weighted by atomic mass is 10.2. The summed E-state index contributed by atoms with van der Waals surface area (Å²) in [7, 11) is -0.514. The highest BCUT2D eigenvalue weighted by atomic mass is 28.3. The van der Waals surface area contributed by atoms with E-state index in [0.717, 1.165) is 5.75 Å². The molecule has 0 saturated heterocycles. The molecule has 0 atom stereocenters. The van der Waals surface area contributed by atoms with Gasteiger partial charge in [-0.15, -0.1) is 0 Å². The lowest BCUT2D eigenvalue weighted by Gasteiger charge is -1.98. The van der Waals surface area contributed by atoms with Gasteiger partial charge in [-0.3, -0.25) is 0 Å². The lowest BCUT2D eigenvalue weighted by molar-refractivity contribution is 0.595. The summed E-state index contributed by atoms with van der Waals surface area (Å²) in [6.45, 7) is 2.20. The molecule has 1 aromatic carbocycles. The Bertz CT molecular complexity index is 222. The van der Waals surface area contributed by atoms with E-state index in [4.69, 9.17) is 4.43 Å². The van der Waals surface area contributed by atoms with Crippen molar-refractivity contribution in [3.8, 4) is 5.75 Å². The second-order valence-corrected chi connectivity index (χ2v) is 4.55. The summed E-state index contributed by atoms with van der Waals surface area (Å²) in [5.41, 5.74) is 1.39. The van der Waals surface area contributed by atoms with Crippen LogP contribution in [0.4, 0.5) is 0 Å². The van der Waals surface area contributed by atoms with Crippen molar-refractivity contribution in [2.75, 3.05) is 0 Å². The monoisotopic (exact) mass is 149 g/mol. The number of fused-ring (bicyclic) bond motifs is 1. The van der Waals surface area contributed by atoms with Crippen molar-refractivity contribution in [2.24, 2.45) is 0 Å². The molecule has 0 aromatic heterocycles. The van der Waals surface area contributed by atoms with Crippen LogP contribution in [0.5, 0.6) is 5.75 Å². The van der Waals surface area contributed by atoms with Crippen LogP contribution in [0.1, 0.15) is 5.56 Å². The first-order valence-corrected chi connectivity index (χ1v) is 5.56. The van der Waals surface area contributed by atoms with Crippen LogP contribution in [0.3, 0.4) is 0 Å². The summed E-state index contributed by atoms with van der Waals surface area (Å²) in [6, 6.07) is 9.47. The molecule has 1 aromatic rings. The van der Waals surface area contributed by atoms with E-state index < -0.39 is 9.04 Å². The molecule has 1 aliphatic heterocycles. The van der Waals surface area contributed by atoms with Gasteiger partial charge in [0.1, 0.15) is 5.75 Å². The molecule has 2 rings (SSSR count). The van der Waals surface area contributed by atoms with Gasteiger partial charge in [-0.1, -0.05) is 18.2 Å². The van der Waals surface area contributed by atoms with E-state index in [9.17, 15) is 0 Å². The van der Waals surface area contributed by atoms with Crippen molar-refractivity contribution in [1.29, 1.82) is 0 Å². The Morgan fingerprint density at radius 2 is 2.20 bits per heavy atom. The van der Waals surface area contributed by atoms with Gasteiger partial charge < -0.3 is 4.43 Å². The zero-order valence-corrected chi connectivity index (χ0v) is 6.92. The molecule has 1 heterocycles. The molecule has 0 N–H and O–H groups in total. The molecule has 0 fully saturated rings. The Kier molecular flexibility index (Phi) is 1.27. The highest BCUT2D eigenvalue weighted by Crippen LogP contribution is 2.25. The maximum atomic E-state index is 5.61. The summed E-state index contributed by atoms with van der Waals surface area (Å²) >= 11 is 0. The maximum Gasteiger partial charge on any atom is 0.282 e. The SMILES string of the molecule is C[Si]1Cc2ccccc2O1.